The number of carbonyl (C=O) groups excluding carboxylic acids is 3. The molecule has 3 aromatic carbocycles. The molecule has 3 aliphatic heterocycles. The van der Waals surface area contributed by atoms with Gasteiger partial charge in [0.1, 0.15) is 35.3 Å². The largest absolute Gasteiger partial charge is 0.345 e. The Morgan fingerprint density at radius 2 is 0.990 bits per heavy atom. The highest BCUT2D eigenvalue weighted by molar-refractivity contribution is 6.03. The van der Waals surface area contributed by atoms with E-state index in [0.29, 0.717) is 70.7 Å². The number of pyridine rings is 3. The monoisotopic (exact) mass is 1280 g/mol. The highest BCUT2D eigenvalue weighted by Crippen LogP contribution is 2.58. The Bertz CT molecular complexity index is 4890. The highest BCUT2D eigenvalue weighted by Gasteiger charge is 2.54. The standard InChI is InChI=1S/C79H75N15O3/c1-77(26-4-5-27-77)44-91-41-52(36-83-91)59-23-16-56(34-81)87-70(59)49-14-21-62-65(31-49)74(95)89-72(62)67-8-6-28-78(67,2)45-92-42-53(37-84-92)61-25-18-57(35-82)88-71(61)50-15-22-63-66(32-50)76(97)94(58-19-20-58)73(63)68-9-7-29-79(68,3)46-93-43-54(38-85-93)60-24-17-55(33-80)86-69(60)48-12-13-51-40-90(39-47-10-11-47)75(96)64(51)30-48/h12-18,21-25,30-32,36-38,41-43,47,58,67-68,72-73H,4-11,19-20,26-29,39-40,44-46H2,1-3H3,(H,89,95). The quantitative estimate of drug-likeness (QED) is 0.0897. The van der Waals surface area contributed by atoms with Crippen molar-refractivity contribution in [3.63, 3.8) is 0 Å². The lowest BCUT2D eigenvalue weighted by Crippen LogP contribution is -2.40. The molecule has 1 N–H and O–H groups in total. The van der Waals surface area contributed by atoms with E-state index in [-0.39, 0.29) is 69.6 Å². The number of nitrogens with one attached hydrogen (secondary N) is 1. The SMILES string of the molecule is CC1(Cn2cc(-c3ccc(C#N)nc3-c3ccc4c(c3)C(=O)NC4C3CCCC3(C)Cn3cc(-c4ccc(C#N)nc4-c4ccc5c(c4)C(=O)N(C4CC4)C5C4CCCC4(C)Cn4cc(-c5ccc(C#N)nc5-c5ccc6c(c5)C(=O)N(CC5CC5)C6)cn4)cn3)cn2)CCCC1. The minimum absolute atomic E-state index is 0.0380. The molecular weight excluding hydrogens is 1210 g/mol. The van der Waals surface area contributed by atoms with Gasteiger partial charge >= 0.3 is 0 Å². The molecule has 3 amide bonds. The van der Waals surface area contributed by atoms with Gasteiger partial charge in [0.15, 0.2) is 0 Å². The second-order valence-corrected chi connectivity index (χ2v) is 30.2. The second kappa shape index (κ2) is 23.2. The molecule has 5 fully saturated rings. The zero-order valence-corrected chi connectivity index (χ0v) is 55.0. The summed E-state index contributed by atoms with van der Waals surface area (Å²) in [5, 5.41) is 48.4. The van der Waals surface area contributed by atoms with Crippen LogP contribution >= 0.6 is 0 Å². The van der Waals surface area contributed by atoms with Crippen LogP contribution in [0.3, 0.4) is 0 Å². The molecular formula is C79H75N15O3. The summed E-state index contributed by atoms with van der Waals surface area (Å²) >= 11 is 0. The molecule has 97 heavy (non-hydrogen) atoms. The number of hydrogen-bond donors (Lipinski definition) is 1. The van der Waals surface area contributed by atoms with Crippen LogP contribution in [0.4, 0.5) is 0 Å². The van der Waals surface area contributed by atoms with Crippen LogP contribution in [0.1, 0.15) is 188 Å². The molecule has 0 radical (unpaired) electrons. The summed E-state index contributed by atoms with van der Waals surface area (Å²) in [6.07, 6.45) is 26.8. The lowest BCUT2D eigenvalue weighted by molar-refractivity contribution is 0.0475. The van der Waals surface area contributed by atoms with Crippen molar-refractivity contribution in [1.29, 1.82) is 15.8 Å². The van der Waals surface area contributed by atoms with Gasteiger partial charge in [-0.2, -0.15) is 31.1 Å². The average molecular weight is 1280 g/mol. The van der Waals surface area contributed by atoms with Crippen LogP contribution in [0.2, 0.25) is 0 Å². The number of fused-ring (bicyclic) bond motifs is 3. The predicted octanol–water partition coefficient (Wildman–Crippen LogP) is 14.5. The van der Waals surface area contributed by atoms with Crippen LogP contribution in [0.5, 0.6) is 0 Å². The van der Waals surface area contributed by atoms with Gasteiger partial charge in [0, 0.05) is 124 Å². The number of aromatic nitrogens is 9. The van der Waals surface area contributed by atoms with Crippen molar-refractivity contribution in [2.75, 3.05) is 6.54 Å². The van der Waals surface area contributed by atoms with Crippen molar-refractivity contribution in [3.05, 3.63) is 179 Å². The van der Waals surface area contributed by atoms with Crippen LogP contribution in [-0.4, -0.2) is 84.4 Å². The molecule has 17 rings (SSSR count). The third-order valence-corrected chi connectivity index (χ3v) is 23.3. The van der Waals surface area contributed by atoms with Crippen molar-refractivity contribution in [1.82, 2.24) is 59.4 Å². The summed E-state index contributed by atoms with van der Waals surface area (Å²) in [6.45, 7) is 10.5. The van der Waals surface area contributed by atoms with E-state index in [0.717, 1.165) is 131 Å². The first-order valence-electron chi connectivity index (χ1n) is 34.8. The maximum atomic E-state index is 15.1. The van der Waals surface area contributed by atoms with E-state index in [1.54, 1.807) is 18.2 Å². The Morgan fingerprint density at radius 3 is 1.53 bits per heavy atom. The van der Waals surface area contributed by atoms with Gasteiger partial charge in [-0.15, -0.1) is 0 Å². The Balaban J connectivity index is 0.617. The summed E-state index contributed by atoms with van der Waals surface area (Å²) in [5.41, 5.74) is 15.0. The number of hydrogen-bond acceptors (Lipinski definition) is 12. The summed E-state index contributed by atoms with van der Waals surface area (Å²) < 4.78 is 6.09. The predicted molar refractivity (Wildman–Crippen MR) is 364 cm³/mol. The highest BCUT2D eigenvalue weighted by atomic mass is 16.2. The van der Waals surface area contributed by atoms with Crippen LogP contribution < -0.4 is 5.32 Å². The molecule has 5 aliphatic carbocycles. The summed E-state index contributed by atoms with van der Waals surface area (Å²) in [4.78, 5) is 61.7. The fourth-order valence-corrected chi connectivity index (χ4v) is 18.0. The van der Waals surface area contributed by atoms with Crippen molar-refractivity contribution in [2.45, 2.75) is 155 Å². The molecule has 0 saturated heterocycles. The molecule has 0 spiro atoms. The molecule has 0 bridgehead atoms. The maximum Gasteiger partial charge on any atom is 0.255 e. The van der Waals surface area contributed by atoms with Crippen LogP contribution in [0, 0.1) is 68.0 Å². The first kappa shape index (κ1) is 60.3. The van der Waals surface area contributed by atoms with E-state index in [4.69, 9.17) is 30.2 Å². The summed E-state index contributed by atoms with van der Waals surface area (Å²) in [7, 11) is 0. The molecule has 5 saturated carbocycles. The van der Waals surface area contributed by atoms with Gasteiger partial charge in [-0.25, -0.2) is 15.0 Å². The number of rotatable bonds is 17. The van der Waals surface area contributed by atoms with Crippen molar-refractivity contribution in [2.24, 2.45) is 34.0 Å². The Morgan fingerprint density at radius 1 is 0.495 bits per heavy atom. The van der Waals surface area contributed by atoms with Crippen LogP contribution in [0.15, 0.2) is 128 Å². The van der Waals surface area contributed by atoms with Crippen molar-refractivity contribution >= 4 is 17.7 Å². The molecule has 6 unspecified atom stereocenters. The summed E-state index contributed by atoms with van der Waals surface area (Å²) in [6, 6.07) is 35.9. The van der Waals surface area contributed by atoms with Gasteiger partial charge in [0.2, 0.25) is 0 Å². The Hall–Kier alpha value is -10.4. The van der Waals surface area contributed by atoms with Gasteiger partial charge in [0.25, 0.3) is 17.7 Å². The molecule has 8 aliphatic rings. The third-order valence-electron chi connectivity index (χ3n) is 23.3. The number of carbonyl (C=O) groups is 3. The Labute approximate surface area is 564 Å². The molecule has 18 nitrogen and oxygen atoms in total. The smallest absolute Gasteiger partial charge is 0.255 e. The molecule has 484 valence electrons. The molecule has 6 aromatic heterocycles. The molecule has 9 heterocycles. The molecule has 6 atom stereocenters. The van der Waals surface area contributed by atoms with Crippen LogP contribution in [-0.2, 0) is 26.2 Å². The van der Waals surface area contributed by atoms with Gasteiger partial charge in [-0.3, -0.25) is 28.4 Å². The normalized spacial score (nSPS) is 23.7. The minimum Gasteiger partial charge on any atom is -0.345 e. The lowest BCUT2D eigenvalue weighted by Gasteiger charge is -2.40. The van der Waals surface area contributed by atoms with E-state index in [9.17, 15) is 25.4 Å². The lowest BCUT2D eigenvalue weighted by atomic mass is 9.73. The first-order chi connectivity index (χ1) is 47.1. The fourth-order valence-electron chi connectivity index (χ4n) is 18.0. The zero-order valence-electron chi connectivity index (χ0n) is 55.0. The van der Waals surface area contributed by atoms with E-state index in [2.05, 4.69) is 86.0 Å². The van der Waals surface area contributed by atoms with E-state index in [1.807, 2.05) is 92.1 Å². The van der Waals surface area contributed by atoms with Crippen molar-refractivity contribution in [3.8, 4) is 85.4 Å². The van der Waals surface area contributed by atoms with E-state index in [1.165, 1.54) is 38.5 Å². The number of amides is 3. The van der Waals surface area contributed by atoms with Crippen LogP contribution in [0.25, 0.3) is 67.2 Å². The minimum atomic E-state index is -0.237. The van der Waals surface area contributed by atoms with Gasteiger partial charge < -0.3 is 15.1 Å². The number of nitriles is 3. The fraction of sp³-hybridized carbons (Fsp3) is 0.392. The summed E-state index contributed by atoms with van der Waals surface area (Å²) in [5.74, 6) is 0.824. The van der Waals surface area contributed by atoms with E-state index < -0.39 is 0 Å². The van der Waals surface area contributed by atoms with Gasteiger partial charge in [0.05, 0.1) is 47.8 Å². The molecule has 9 aromatic rings. The zero-order chi connectivity index (χ0) is 66.1. The van der Waals surface area contributed by atoms with Gasteiger partial charge in [-0.05, 0) is 169 Å². The third kappa shape index (κ3) is 10.7. The maximum absolute atomic E-state index is 15.1. The van der Waals surface area contributed by atoms with E-state index >= 15 is 4.79 Å². The van der Waals surface area contributed by atoms with Crippen molar-refractivity contribution < 1.29 is 14.4 Å². The second-order valence-electron chi connectivity index (χ2n) is 30.2. The average Bonchev–Trinajstić information content (AvgIpc) is 1.58. The Kier molecular flexibility index (Phi) is 14.4. The molecule has 18 heteroatoms. The number of benzene rings is 3. The van der Waals surface area contributed by atoms with Gasteiger partial charge in [-0.1, -0.05) is 82.9 Å². The first-order valence-corrected chi connectivity index (χ1v) is 34.8. The topological polar surface area (TPSA) is 233 Å². The number of nitrogens with zero attached hydrogens (tertiary/aromatic N) is 14.